The van der Waals surface area contributed by atoms with E-state index in [-0.39, 0.29) is 11.9 Å². The molecule has 4 rings (SSSR count). The van der Waals surface area contributed by atoms with Gasteiger partial charge in [-0.3, -0.25) is 9.48 Å². The Morgan fingerprint density at radius 3 is 3.00 bits per heavy atom. The number of aromatic nitrogens is 3. The molecule has 1 saturated heterocycles. The molecule has 0 aliphatic carbocycles. The van der Waals surface area contributed by atoms with Crippen LogP contribution in [0.3, 0.4) is 0 Å². The number of para-hydroxylation sites is 1. The number of hydrogen-bond donors (Lipinski definition) is 0. The first kappa shape index (κ1) is 14.1. The van der Waals surface area contributed by atoms with E-state index in [1.165, 1.54) is 5.39 Å². The summed E-state index contributed by atoms with van der Waals surface area (Å²) >= 11 is 0. The van der Waals surface area contributed by atoms with Crippen LogP contribution < -0.4 is 0 Å². The second-order valence-corrected chi connectivity index (χ2v) is 6.19. The van der Waals surface area contributed by atoms with Crippen molar-refractivity contribution in [3.8, 4) is 0 Å². The van der Waals surface area contributed by atoms with Gasteiger partial charge in [0.25, 0.3) is 0 Å². The summed E-state index contributed by atoms with van der Waals surface area (Å²) in [4.78, 5) is 14.8. The van der Waals surface area contributed by atoms with E-state index < -0.39 is 0 Å². The van der Waals surface area contributed by atoms with Gasteiger partial charge in [-0.15, -0.1) is 0 Å². The molecule has 3 aromatic rings. The van der Waals surface area contributed by atoms with Crippen LogP contribution in [-0.4, -0.2) is 31.7 Å². The molecule has 0 N–H and O–H groups in total. The first-order chi connectivity index (χ1) is 11.2. The van der Waals surface area contributed by atoms with Gasteiger partial charge in [0.15, 0.2) is 0 Å². The lowest BCUT2D eigenvalue weighted by Crippen LogP contribution is -2.33. The van der Waals surface area contributed by atoms with Crippen LogP contribution in [0.1, 0.15) is 24.4 Å². The first-order valence-corrected chi connectivity index (χ1v) is 8.04. The summed E-state index contributed by atoms with van der Waals surface area (Å²) in [5, 5.41) is 5.42. The van der Waals surface area contributed by atoms with E-state index in [1.54, 1.807) is 4.68 Å². The SMILES string of the molecule is Cn1cc([C@H]2CCCN2C(=O)Cn2ccc3ccccc32)cn1. The predicted molar refractivity (Wildman–Crippen MR) is 88.8 cm³/mol. The summed E-state index contributed by atoms with van der Waals surface area (Å²) in [6.45, 7) is 1.22. The molecule has 0 spiro atoms. The highest BCUT2D eigenvalue weighted by atomic mass is 16.2. The summed E-state index contributed by atoms with van der Waals surface area (Å²) in [5.74, 6) is 0.178. The smallest absolute Gasteiger partial charge is 0.243 e. The van der Waals surface area contributed by atoms with Crippen LogP contribution in [0.4, 0.5) is 0 Å². The van der Waals surface area contributed by atoms with Gasteiger partial charge in [-0.2, -0.15) is 5.10 Å². The average molecular weight is 308 g/mol. The molecule has 1 atom stereocenters. The molecule has 3 heterocycles. The molecule has 2 aromatic heterocycles. The Kier molecular flexibility index (Phi) is 3.41. The van der Waals surface area contributed by atoms with Crippen LogP contribution in [0.5, 0.6) is 0 Å². The van der Waals surface area contributed by atoms with Crippen molar-refractivity contribution in [3.05, 3.63) is 54.5 Å². The standard InChI is InChI=1S/C18H20N4O/c1-20-12-15(11-19-20)17-7-4-9-22(17)18(23)13-21-10-8-14-5-2-3-6-16(14)21/h2-3,5-6,8,10-12,17H,4,7,9,13H2,1H3/t17-/m1/s1. The molecule has 0 saturated carbocycles. The molecule has 1 amide bonds. The topological polar surface area (TPSA) is 43.1 Å². The summed E-state index contributed by atoms with van der Waals surface area (Å²) < 4.78 is 3.84. The van der Waals surface area contributed by atoms with Gasteiger partial charge >= 0.3 is 0 Å². The van der Waals surface area contributed by atoms with E-state index in [0.717, 1.165) is 30.5 Å². The van der Waals surface area contributed by atoms with Crippen LogP contribution in [0.2, 0.25) is 0 Å². The van der Waals surface area contributed by atoms with Crippen molar-refractivity contribution in [1.29, 1.82) is 0 Å². The van der Waals surface area contributed by atoms with Gasteiger partial charge in [0.1, 0.15) is 6.54 Å². The molecule has 0 unspecified atom stereocenters. The quantitative estimate of drug-likeness (QED) is 0.746. The molecule has 5 nitrogen and oxygen atoms in total. The molecule has 5 heteroatoms. The number of likely N-dealkylation sites (tertiary alicyclic amines) is 1. The number of amides is 1. The third kappa shape index (κ3) is 2.52. The molecule has 1 aliphatic rings. The maximum Gasteiger partial charge on any atom is 0.243 e. The Hall–Kier alpha value is -2.56. The molecular weight excluding hydrogens is 288 g/mol. The van der Waals surface area contributed by atoms with E-state index in [9.17, 15) is 4.79 Å². The van der Waals surface area contributed by atoms with Crippen molar-refractivity contribution in [2.45, 2.75) is 25.4 Å². The monoisotopic (exact) mass is 308 g/mol. The van der Waals surface area contributed by atoms with E-state index in [1.807, 2.05) is 47.2 Å². The van der Waals surface area contributed by atoms with Crippen molar-refractivity contribution in [2.75, 3.05) is 6.54 Å². The maximum atomic E-state index is 12.8. The van der Waals surface area contributed by atoms with Crippen LogP contribution in [0, 0.1) is 0 Å². The Balaban J connectivity index is 1.56. The number of carbonyl (C=O) groups is 1. The average Bonchev–Trinajstić information content (AvgIpc) is 3.26. The van der Waals surface area contributed by atoms with Gasteiger partial charge in [0.05, 0.1) is 12.2 Å². The molecule has 1 fully saturated rings. The summed E-state index contributed by atoms with van der Waals surface area (Å²) in [7, 11) is 1.91. The summed E-state index contributed by atoms with van der Waals surface area (Å²) in [5.41, 5.74) is 2.24. The van der Waals surface area contributed by atoms with Gasteiger partial charge in [0.2, 0.25) is 5.91 Å². The fourth-order valence-electron chi connectivity index (χ4n) is 3.54. The van der Waals surface area contributed by atoms with Crippen molar-refractivity contribution in [1.82, 2.24) is 19.2 Å². The minimum atomic E-state index is 0.165. The fourth-order valence-corrected chi connectivity index (χ4v) is 3.54. The van der Waals surface area contributed by atoms with Crippen LogP contribution in [-0.2, 0) is 18.4 Å². The van der Waals surface area contributed by atoms with Crippen molar-refractivity contribution >= 4 is 16.8 Å². The van der Waals surface area contributed by atoms with Crippen LogP contribution in [0.25, 0.3) is 10.9 Å². The third-order valence-corrected chi connectivity index (χ3v) is 4.67. The van der Waals surface area contributed by atoms with Gasteiger partial charge < -0.3 is 9.47 Å². The Morgan fingerprint density at radius 1 is 1.30 bits per heavy atom. The van der Waals surface area contributed by atoms with Crippen molar-refractivity contribution in [2.24, 2.45) is 7.05 Å². The highest BCUT2D eigenvalue weighted by Crippen LogP contribution is 2.32. The van der Waals surface area contributed by atoms with Crippen LogP contribution >= 0.6 is 0 Å². The number of benzene rings is 1. The lowest BCUT2D eigenvalue weighted by atomic mass is 10.1. The Morgan fingerprint density at radius 2 is 2.17 bits per heavy atom. The van der Waals surface area contributed by atoms with Crippen LogP contribution in [0.15, 0.2) is 48.9 Å². The minimum absolute atomic E-state index is 0.165. The zero-order chi connectivity index (χ0) is 15.8. The van der Waals surface area contributed by atoms with Gasteiger partial charge in [-0.25, -0.2) is 0 Å². The zero-order valence-electron chi connectivity index (χ0n) is 13.2. The molecular formula is C18H20N4O. The molecule has 23 heavy (non-hydrogen) atoms. The first-order valence-electron chi connectivity index (χ1n) is 8.04. The zero-order valence-corrected chi connectivity index (χ0v) is 13.2. The van der Waals surface area contributed by atoms with E-state index in [2.05, 4.69) is 23.3 Å². The number of carbonyl (C=O) groups excluding carboxylic acids is 1. The molecule has 0 bridgehead atoms. The van der Waals surface area contributed by atoms with E-state index in [4.69, 9.17) is 0 Å². The van der Waals surface area contributed by atoms with Crippen molar-refractivity contribution < 1.29 is 4.79 Å². The molecule has 118 valence electrons. The van der Waals surface area contributed by atoms with Crippen molar-refractivity contribution in [3.63, 3.8) is 0 Å². The fraction of sp³-hybridized carbons (Fsp3) is 0.333. The lowest BCUT2D eigenvalue weighted by Gasteiger charge is -2.24. The highest BCUT2D eigenvalue weighted by molar-refractivity contribution is 5.83. The number of fused-ring (bicyclic) bond motifs is 1. The molecule has 0 radical (unpaired) electrons. The lowest BCUT2D eigenvalue weighted by molar-refractivity contribution is -0.132. The number of rotatable bonds is 3. The number of aryl methyl sites for hydroxylation is 1. The number of nitrogens with zero attached hydrogens (tertiary/aromatic N) is 4. The number of hydrogen-bond acceptors (Lipinski definition) is 2. The minimum Gasteiger partial charge on any atom is -0.338 e. The predicted octanol–water partition coefficient (Wildman–Crippen LogP) is 2.74. The summed E-state index contributed by atoms with van der Waals surface area (Å²) in [6, 6.07) is 10.4. The molecule has 1 aliphatic heterocycles. The second kappa shape index (κ2) is 5.57. The normalized spacial score (nSPS) is 18.0. The third-order valence-electron chi connectivity index (χ3n) is 4.67. The van der Waals surface area contributed by atoms with E-state index in [0.29, 0.717) is 6.54 Å². The maximum absolute atomic E-state index is 12.8. The molecule has 1 aromatic carbocycles. The largest absolute Gasteiger partial charge is 0.338 e. The summed E-state index contributed by atoms with van der Waals surface area (Å²) in [6.07, 6.45) is 7.96. The van der Waals surface area contributed by atoms with E-state index >= 15 is 0 Å². The van der Waals surface area contributed by atoms with Gasteiger partial charge in [-0.1, -0.05) is 18.2 Å². The van der Waals surface area contributed by atoms with Gasteiger partial charge in [-0.05, 0) is 30.4 Å². The Labute approximate surface area is 135 Å². The van der Waals surface area contributed by atoms with Gasteiger partial charge in [0, 0.05) is 37.1 Å². The Bertz CT molecular complexity index is 847. The second-order valence-electron chi connectivity index (χ2n) is 6.19. The highest BCUT2D eigenvalue weighted by Gasteiger charge is 2.30.